The van der Waals surface area contributed by atoms with Gasteiger partial charge in [-0.05, 0) is 24.7 Å². The van der Waals surface area contributed by atoms with Crippen molar-refractivity contribution < 1.29 is 18.0 Å². The summed E-state index contributed by atoms with van der Waals surface area (Å²) in [6.45, 7) is 0.108. The fourth-order valence-corrected chi connectivity index (χ4v) is 2.18. The summed E-state index contributed by atoms with van der Waals surface area (Å²) in [6.07, 6.45) is -4.20. The second-order valence-electron chi connectivity index (χ2n) is 6.10. The Labute approximate surface area is 152 Å². The molecule has 0 aliphatic rings. The Morgan fingerprint density at radius 1 is 1.12 bits per heavy atom. The highest BCUT2D eigenvalue weighted by atomic mass is 19.4. The van der Waals surface area contributed by atoms with Crippen LogP contribution in [-0.4, -0.2) is 75.7 Å². The lowest BCUT2D eigenvalue weighted by molar-refractivity contribution is -0.142. The number of halogens is 3. The molecular weight excluding hydrogens is 347 g/mol. The van der Waals surface area contributed by atoms with E-state index in [0.717, 1.165) is 5.56 Å². The number of hydrogen-bond acceptors (Lipinski definition) is 3. The van der Waals surface area contributed by atoms with Crippen LogP contribution in [0.4, 0.5) is 13.2 Å². The fourth-order valence-electron chi connectivity index (χ4n) is 2.18. The van der Waals surface area contributed by atoms with Crippen LogP contribution < -0.4 is 10.6 Å². The minimum absolute atomic E-state index is 0.0648. The maximum Gasteiger partial charge on any atom is 0.401 e. The molecule has 1 aromatic rings. The normalized spacial score (nSPS) is 12.2. The van der Waals surface area contributed by atoms with E-state index in [1.807, 2.05) is 12.1 Å². The number of rotatable bonds is 7. The molecule has 0 bridgehead atoms. The van der Waals surface area contributed by atoms with Crippen LogP contribution in [0.2, 0.25) is 0 Å². The Hall–Kier alpha value is -2.29. The van der Waals surface area contributed by atoms with Crippen LogP contribution in [0, 0.1) is 0 Å². The molecule has 0 spiro atoms. The van der Waals surface area contributed by atoms with E-state index in [-0.39, 0.29) is 12.5 Å². The molecule has 1 rings (SSSR count). The third-order valence-corrected chi connectivity index (χ3v) is 3.53. The largest absolute Gasteiger partial charge is 0.401 e. The van der Waals surface area contributed by atoms with Crippen LogP contribution in [0.1, 0.15) is 15.9 Å². The molecule has 1 aromatic carbocycles. The average Bonchev–Trinajstić information content (AvgIpc) is 2.56. The number of benzene rings is 1. The van der Waals surface area contributed by atoms with Gasteiger partial charge in [0.2, 0.25) is 0 Å². The number of nitrogens with zero attached hydrogens (tertiary/aromatic N) is 3. The van der Waals surface area contributed by atoms with Gasteiger partial charge < -0.3 is 15.5 Å². The zero-order valence-corrected chi connectivity index (χ0v) is 15.5. The lowest BCUT2D eigenvalue weighted by atomic mass is 10.1. The number of guanidine groups is 1. The van der Waals surface area contributed by atoms with E-state index in [0.29, 0.717) is 24.6 Å². The van der Waals surface area contributed by atoms with Crippen LogP contribution in [0.5, 0.6) is 0 Å². The summed E-state index contributed by atoms with van der Waals surface area (Å²) < 4.78 is 36.8. The smallest absolute Gasteiger partial charge is 0.355 e. The molecular formula is C17H26F3N5O. The average molecular weight is 373 g/mol. The Kier molecular flexibility index (Phi) is 8.37. The van der Waals surface area contributed by atoms with Gasteiger partial charge in [-0.15, -0.1) is 0 Å². The molecule has 0 unspecified atom stereocenters. The van der Waals surface area contributed by atoms with Gasteiger partial charge in [0, 0.05) is 46.3 Å². The van der Waals surface area contributed by atoms with Crippen molar-refractivity contribution in [1.82, 2.24) is 20.4 Å². The van der Waals surface area contributed by atoms with Gasteiger partial charge in [-0.2, -0.15) is 13.2 Å². The van der Waals surface area contributed by atoms with Gasteiger partial charge in [-0.25, -0.2) is 0 Å². The number of hydrogen-bond donors (Lipinski definition) is 2. The summed E-state index contributed by atoms with van der Waals surface area (Å²) in [5, 5.41) is 6.05. The molecule has 0 atom stereocenters. The summed E-state index contributed by atoms with van der Waals surface area (Å²) >= 11 is 0. The van der Waals surface area contributed by atoms with E-state index in [9.17, 15) is 18.0 Å². The number of likely N-dealkylation sites (N-methyl/N-ethyl adjacent to an activating group) is 1. The Morgan fingerprint density at radius 3 is 2.23 bits per heavy atom. The highest BCUT2D eigenvalue weighted by Gasteiger charge is 2.28. The number of aliphatic imine (C=N–C) groups is 1. The SMILES string of the molecule is CN=C(NCCN(C)CC(F)(F)F)NCc1ccc(C(=O)N(C)C)cc1. The fraction of sp³-hybridized carbons (Fsp3) is 0.529. The van der Waals surface area contributed by atoms with Gasteiger partial charge >= 0.3 is 6.18 Å². The van der Waals surface area contributed by atoms with E-state index in [4.69, 9.17) is 0 Å². The lowest BCUT2D eigenvalue weighted by Crippen LogP contribution is -2.42. The van der Waals surface area contributed by atoms with Crippen molar-refractivity contribution in [3.8, 4) is 0 Å². The number of carbonyl (C=O) groups is 1. The van der Waals surface area contributed by atoms with Crippen molar-refractivity contribution in [3.63, 3.8) is 0 Å². The molecule has 1 amide bonds. The van der Waals surface area contributed by atoms with E-state index in [1.54, 1.807) is 33.3 Å². The molecule has 6 nitrogen and oxygen atoms in total. The Morgan fingerprint density at radius 2 is 1.73 bits per heavy atom. The molecule has 0 radical (unpaired) electrons. The molecule has 0 fully saturated rings. The first kappa shape index (κ1) is 21.8. The monoisotopic (exact) mass is 373 g/mol. The minimum atomic E-state index is -4.20. The molecule has 26 heavy (non-hydrogen) atoms. The maximum atomic E-state index is 12.3. The second kappa shape index (κ2) is 10.0. The summed E-state index contributed by atoms with van der Waals surface area (Å²) in [7, 11) is 6.40. The van der Waals surface area contributed by atoms with Crippen molar-refractivity contribution in [2.24, 2.45) is 4.99 Å². The standard InChI is InChI=1S/C17H26F3N5O/c1-21-16(22-9-10-25(4)12-17(18,19)20)23-11-13-5-7-14(8-6-13)15(26)24(2)3/h5-8H,9-12H2,1-4H3,(H2,21,22,23). The lowest BCUT2D eigenvalue weighted by Gasteiger charge is -2.19. The molecule has 0 heterocycles. The van der Waals surface area contributed by atoms with Crippen molar-refractivity contribution in [2.45, 2.75) is 12.7 Å². The molecule has 2 N–H and O–H groups in total. The Bertz CT molecular complexity index is 599. The zero-order valence-electron chi connectivity index (χ0n) is 15.5. The topological polar surface area (TPSA) is 60.0 Å². The zero-order chi connectivity index (χ0) is 19.7. The number of carbonyl (C=O) groups excluding carboxylic acids is 1. The third kappa shape index (κ3) is 8.19. The molecule has 9 heteroatoms. The minimum Gasteiger partial charge on any atom is -0.355 e. The summed E-state index contributed by atoms with van der Waals surface area (Å²) in [4.78, 5) is 18.6. The molecule has 0 saturated carbocycles. The quantitative estimate of drug-likeness (QED) is 0.562. The van der Waals surface area contributed by atoms with Gasteiger partial charge in [0.25, 0.3) is 5.91 Å². The van der Waals surface area contributed by atoms with Crippen molar-refractivity contribution >= 4 is 11.9 Å². The van der Waals surface area contributed by atoms with E-state index < -0.39 is 12.7 Å². The van der Waals surface area contributed by atoms with Gasteiger partial charge in [-0.1, -0.05) is 12.1 Å². The molecule has 0 saturated heterocycles. The van der Waals surface area contributed by atoms with Crippen LogP contribution in [0.25, 0.3) is 0 Å². The summed E-state index contributed by atoms with van der Waals surface area (Å²) in [6, 6.07) is 7.19. The summed E-state index contributed by atoms with van der Waals surface area (Å²) in [5.41, 5.74) is 1.56. The van der Waals surface area contributed by atoms with Crippen LogP contribution in [-0.2, 0) is 6.54 Å². The van der Waals surface area contributed by atoms with Gasteiger partial charge in [0.1, 0.15) is 0 Å². The third-order valence-electron chi connectivity index (χ3n) is 3.53. The molecule has 0 aliphatic carbocycles. The van der Waals surface area contributed by atoms with Crippen molar-refractivity contribution in [1.29, 1.82) is 0 Å². The van der Waals surface area contributed by atoms with Gasteiger partial charge in [0.15, 0.2) is 5.96 Å². The highest BCUT2D eigenvalue weighted by molar-refractivity contribution is 5.93. The second-order valence-corrected chi connectivity index (χ2v) is 6.10. The van der Waals surface area contributed by atoms with E-state index in [2.05, 4.69) is 15.6 Å². The molecule has 0 aliphatic heterocycles. The Balaban J connectivity index is 2.41. The first-order chi connectivity index (χ1) is 12.1. The van der Waals surface area contributed by atoms with Crippen molar-refractivity contribution in [2.75, 3.05) is 47.8 Å². The van der Waals surface area contributed by atoms with Gasteiger partial charge in [0.05, 0.1) is 6.54 Å². The van der Waals surface area contributed by atoms with Gasteiger partial charge in [-0.3, -0.25) is 14.7 Å². The van der Waals surface area contributed by atoms with E-state index >= 15 is 0 Å². The number of nitrogens with one attached hydrogen (secondary N) is 2. The summed E-state index contributed by atoms with van der Waals surface area (Å²) in [5.74, 6) is 0.434. The predicted octanol–water partition coefficient (Wildman–Crippen LogP) is 1.55. The first-order valence-electron chi connectivity index (χ1n) is 8.13. The van der Waals surface area contributed by atoms with Crippen LogP contribution in [0.15, 0.2) is 29.3 Å². The highest BCUT2D eigenvalue weighted by Crippen LogP contribution is 2.15. The number of alkyl halides is 3. The first-order valence-corrected chi connectivity index (χ1v) is 8.13. The van der Waals surface area contributed by atoms with E-state index in [1.165, 1.54) is 16.8 Å². The molecule has 0 aromatic heterocycles. The maximum absolute atomic E-state index is 12.3. The van der Waals surface area contributed by atoms with Crippen molar-refractivity contribution in [3.05, 3.63) is 35.4 Å². The number of amides is 1. The van der Waals surface area contributed by atoms with Crippen LogP contribution in [0.3, 0.4) is 0 Å². The van der Waals surface area contributed by atoms with Crippen LogP contribution >= 0.6 is 0 Å². The predicted molar refractivity (Wildman–Crippen MR) is 96.2 cm³/mol. The molecule has 146 valence electrons.